The van der Waals surface area contributed by atoms with Gasteiger partial charge >= 0.3 is 0 Å². The van der Waals surface area contributed by atoms with Crippen LogP contribution in [0.4, 0.5) is 5.13 Å². The molecule has 0 radical (unpaired) electrons. The van der Waals surface area contributed by atoms with Crippen LogP contribution in [0.25, 0.3) is 10.2 Å². The van der Waals surface area contributed by atoms with Crippen LogP contribution in [-0.4, -0.2) is 47.0 Å². The molecular weight excluding hydrogens is 456 g/mol. The van der Waals surface area contributed by atoms with Crippen molar-refractivity contribution in [3.05, 3.63) is 60.7 Å². The number of carbonyl (C=O) groups is 1. The first kappa shape index (κ1) is 23.1. The van der Waals surface area contributed by atoms with E-state index in [0.717, 1.165) is 28.3 Å². The van der Waals surface area contributed by atoms with Crippen LogP contribution in [0.3, 0.4) is 0 Å². The number of benzene rings is 2. The Kier molecular flexibility index (Phi) is 7.51. The van der Waals surface area contributed by atoms with Gasteiger partial charge in [0.2, 0.25) is 0 Å². The van der Waals surface area contributed by atoms with Crippen LogP contribution in [0.15, 0.2) is 60.0 Å². The van der Waals surface area contributed by atoms with E-state index in [1.54, 1.807) is 43.4 Å². The number of hydrogen-bond acceptors (Lipinski definition) is 7. The molecule has 7 nitrogen and oxygen atoms in total. The van der Waals surface area contributed by atoms with Gasteiger partial charge in [0.1, 0.15) is 21.7 Å². The topological polar surface area (TPSA) is 69.5 Å². The van der Waals surface area contributed by atoms with Crippen LogP contribution in [0.2, 0.25) is 0 Å². The molecule has 0 atom stereocenters. The first-order valence-corrected chi connectivity index (χ1v) is 12.5. The Balaban J connectivity index is 1.67. The zero-order chi connectivity index (χ0) is 23.2. The lowest BCUT2D eigenvalue weighted by molar-refractivity contribution is 0.0986. The smallest absolute Gasteiger partial charge is 0.260 e. The van der Waals surface area contributed by atoms with E-state index in [1.807, 2.05) is 47.2 Å². The molecule has 2 aromatic heterocycles. The summed E-state index contributed by atoms with van der Waals surface area (Å²) in [6.07, 6.45) is 6.22. The molecule has 0 bridgehead atoms. The van der Waals surface area contributed by atoms with Gasteiger partial charge in [0.05, 0.1) is 20.5 Å². The van der Waals surface area contributed by atoms with E-state index in [0.29, 0.717) is 34.3 Å². The molecule has 9 heteroatoms. The van der Waals surface area contributed by atoms with Crippen LogP contribution >= 0.6 is 23.1 Å². The summed E-state index contributed by atoms with van der Waals surface area (Å²) in [5.41, 5.74) is 1.33. The number of amides is 1. The Bertz CT molecular complexity index is 1170. The number of ether oxygens (including phenoxy) is 2. The number of carbonyl (C=O) groups excluding carboxylic acids is 1. The van der Waals surface area contributed by atoms with Gasteiger partial charge in [-0.05, 0) is 48.6 Å². The van der Waals surface area contributed by atoms with Crippen LogP contribution in [0.1, 0.15) is 23.7 Å². The van der Waals surface area contributed by atoms with Gasteiger partial charge in [-0.2, -0.15) is 0 Å². The molecule has 0 unspecified atom stereocenters. The van der Waals surface area contributed by atoms with Crippen LogP contribution in [0, 0.1) is 0 Å². The normalized spacial score (nSPS) is 11.0. The Morgan fingerprint density at radius 1 is 1.12 bits per heavy atom. The minimum absolute atomic E-state index is 0.0781. The molecule has 0 saturated carbocycles. The molecule has 0 aliphatic carbocycles. The molecule has 0 aliphatic rings. The molecule has 1 amide bonds. The maximum absolute atomic E-state index is 13.6. The van der Waals surface area contributed by atoms with Gasteiger partial charge in [0, 0.05) is 35.9 Å². The lowest BCUT2D eigenvalue weighted by atomic mass is 10.2. The molecule has 0 N–H and O–H groups in total. The van der Waals surface area contributed by atoms with Crippen molar-refractivity contribution in [1.29, 1.82) is 0 Å². The number of nitrogens with zero attached hydrogens (tertiary/aromatic N) is 4. The molecule has 4 aromatic rings. The fraction of sp³-hybridized carbons (Fsp3) is 0.292. The highest BCUT2D eigenvalue weighted by Crippen LogP contribution is 2.40. The monoisotopic (exact) mass is 482 g/mol. The van der Waals surface area contributed by atoms with Gasteiger partial charge in [-0.25, -0.2) is 9.97 Å². The summed E-state index contributed by atoms with van der Waals surface area (Å²) < 4.78 is 13.9. The third kappa shape index (κ3) is 5.15. The number of aryl methyl sites for hydroxylation is 1. The third-order valence-electron chi connectivity index (χ3n) is 5.14. The van der Waals surface area contributed by atoms with Crippen LogP contribution < -0.4 is 14.4 Å². The number of imidazole rings is 1. The van der Waals surface area contributed by atoms with Crippen LogP contribution in [-0.2, 0) is 6.54 Å². The van der Waals surface area contributed by atoms with Gasteiger partial charge in [0.15, 0.2) is 5.13 Å². The second kappa shape index (κ2) is 10.7. The van der Waals surface area contributed by atoms with Gasteiger partial charge < -0.3 is 14.0 Å². The second-order valence-corrected chi connectivity index (χ2v) is 9.53. The third-order valence-corrected chi connectivity index (χ3v) is 7.13. The van der Waals surface area contributed by atoms with E-state index in [9.17, 15) is 4.79 Å². The molecule has 33 heavy (non-hydrogen) atoms. The van der Waals surface area contributed by atoms with E-state index >= 15 is 0 Å². The molecule has 4 rings (SSSR count). The van der Waals surface area contributed by atoms with Crippen molar-refractivity contribution in [2.45, 2.75) is 24.8 Å². The zero-order valence-electron chi connectivity index (χ0n) is 18.9. The summed E-state index contributed by atoms with van der Waals surface area (Å²) in [6.45, 7) is 3.39. The summed E-state index contributed by atoms with van der Waals surface area (Å²) in [4.78, 5) is 25.4. The highest BCUT2D eigenvalue weighted by molar-refractivity contribution is 7.99. The number of thiazole rings is 1. The zero-order valence-corrected chi connectivity index (χ0v) is 20.5. The Hall–Kier alpha value is -3.04. The number of anilines is 1. The van der Waals surface area contributed by atoms with Crippen molar-refractivity contribution in [2.24, 2.45) is 0 Å². The maximum Gasteiger partial charge on any atom is 0.260 e. The molecule has 2 aromatic carbocycles. The lowest BCUT2D eigenvalue weighted by Gasteiger charge is -2.20. The fourth-order valence-corrected chi connectivity index (χ4v) is 5.28. The summed E-state index contributed by atoms with van der Waals surface area (Å²) in [5.74, 6) is 2.27. The first-order valence-electron chi connectivity index (χ1n) is 10.7. The predicted molar refractivity (Wildman–Crippen MR) is 134 cm³/mol. The van der Waals surface area contributed by atoms with Crippen molar-refractivity contribution in [3.63, 3.8) is 0 Å². The molecule has 0 saturated heterocycles. The quantitative estimate of drug-likeness (QED) is 0.284. The molecule has 172 valence electrons. The summed E-state index contributed by atoms with van der Waals surface area (Å²) in [6, 6.07) is 11.5. The minimum atomic E-state index is -0.0781. The predicted octanol–water partition coefficient (Wildman–Crippen LogP) is 5.36. The molecule has 2 heterocycles. The molecule has 0 aliphatic heterocycles. The van der Waals surface area contributed by atoms with E-state index in [1.165, 1.54) is 11.3 Å². The van der Waals surface area contributed by atoms with Crippen molar-refractivity contribution in [1.82, 2.24) is 14.5 Å². The number of aromatic nitrogens is 3. The van der Waals surface area contributed by atoms with E-state index in [-0.39, 0.29) is 5.91 Å². The minimum Gasteiger partial charge on any atom is -0.495 e. The van der Waals surface area contributed by atoms with Crippen molar-refractivity contribution < 1.29 is 14.3 Å². The van der Waals surface area contributed by atoms with E-state index in [2.05, 4.69) is 11.9 Å². The van der Waals surface area contributed by atoms with Gasteiger partial charge in [0.25, 0.3) is 5.91 Å². The molecular formula is C24H26N4O3S2. The number of thioether (sulfide) groups is 1. The molecule has 0 fully saturated rings. The van der Waals surface area contributed by atoms with Gasteiger partial charge in [-0.15, -0.1) is 11.8 Å². The van der Waals surface area contributed by atoms with Crippen molar-refractivity contribution in [3.8, 4) is 11.5 Å². The number of hydrogen-bond donors (Lipinski definition) is 0. The fourth-order valence-electron chi connectivity index (χ4n) is 3.52. The van der Waals surface area contributed by atoms with Crippen LogP contribution in [0.5, 0.6) is 11.5 Å². The van der Waals surface area contributed by atoms with E-state index < -0.39 is 0 Å². The maximum atomic E-state index is 13.6. The standard InChI is InChI=1S/C24H26N4O3S2/c1-4-32-18-8-6-17(7-9-18)23(29)28(14-5-13-27-15-12-25-16-27)24-26-21-19(30-2)10-11-20(31-3)22(21)33-24/h6-12,15-16H,4-5,13-14H2,1-3H3. The van der Waals surface area contributed by atoms with E-state index in [4.69, 9.17) is 14.5 Å². The Labute approximate surface area is 201 Å². The average Bonchev–Trinajstić information content (AvgIpc) is 3.52. The van der Waals surface area contributed by atoms with Crippen molar-refractivity contribution in [2.75, 3.05) is 31.4 Å². The number of fused-ring (bicyclic) bond motifs is 1. The van der Waals surface area contributed by atoms with Crippen molar-refractivity contribution >= 4 is 44.4 Å². The second-order valence-electron chi connectivity index (χ2n) is 7.21. The van der Waals surface area contributed by atoms with Gasteiger partial charge in [-0.1, -0.05) is 18.3 Å². The largest absolute Gasteiger partial charge is 0.495 e. The molecule has 0 spiro atoms. The average molecular weight is 483 g/mol. The number of methoxy groups -OCH3 is 2. The Morgan fingerprint density at radius 3 is 2.55 bits per heavy atom. The highest BCUT2D eigenvalue weighted by Gasteiger charge is 2.23. The summed E-state index contributed by atoms with van der Waals surface area (Å²) in [5, 5.41) is 0.621. The van der Waals surface area contributed by atoms with Gasteiger partial charge in [-0.3, -0.25) is 9.69 Å². The SMILES string of the molecule is CCSc1ccc(C(=O)N(CCCn2ccnc2)c2nc3c(OC)ccc(OC)c3s2)cc1. The highest BCUT2D eigenvalue weighted by atomic mass is 32.2. The summed E-state index contributed by atoms with van der Waals surface area (Å²) in [7, 11) is 3.24. The summed E-state index contributed by atoms with van der Waals surface area (Å²) >= 11 is 3.19. The first-order chi connectivity index (χ1) is 16.1. The Morgan fingerprint density at radius 2 is 1.88 bits per heavy atom. The number of rotatable bonds is 10. The lowest BCUT2D eigenvalue weighted by Crippen LogP contribution is -2.32.